The summed E-state index contributed by atoms with van der Waals surface area (Å²) in [6.07, 6.45) is 0.0796. The van der Waals surface area contributed by atoms with E-state index in [1.54, 1.807) is 54.6 Å². The summed E-state index contributed by atoms with van der Waals surface area (Å²) in [5, 5.41) is 4.50. The third-order valence-corrected chi connectivity index (χ3v) is 5.51. The van der Waals surface area contributed by atoms with Crippen LogP contribution in [0.3, 0.4) is 0 Å². The number of hydrogen-bond acceptors (Lipinski definition) is 5. The van der Waals surface area contributed by atoms with E-state index in [0.29, 0.717) is 21.7 Å². The molecule has 0 fully saturated rings. The van der Waals surface area contributed by atoms with Crippen LogP contribution in [0.2, 0.25) is 0 Å². The summed E-state index contributed by atoms with van der Waals surface area (Å²) in [4.78, 5) is 50.7. The lowest BCUT2D eigenvalue weighted by atomic mass is 9.83. The van der Waals surface area contributed by atoms with E-state index < -0.39 is 0 Å². The largest absolute Gasteiger partial charge is 0.325 e. The van der Waals surface area contributed by atoms with E-state index in [9.17, 15) is 19.2 Å². The van der Waals surface area contributed by atoms with Crippen molar-refractivity contribution in [2.24, 2.45) is 0 Å². The van der Waals surface area contributed by atoms with E-state index in [-0.39, 0.29) is 47.2 Å². The molecule has 1 heterocycles. The Hall–Kier alpha value is -3.38. The zero-order valence-corrected chi connectivity index (χ0v) is 15.5. The topological polar surface area (TPSA) is 80.3 Å². The molecule has 0 radical (unpaired) electrons. The van der Waals surface area contributed by atoms with Crippen molar-refractivity contribution in [2.45, 2.75) is 12.8 Å². The number of carbonyl (C=O) groups excluding carboxylic acids is 4. The number of nitrogens with one attached hydrogen (secondary N) is 1. The third-order valence-electron chi connectivity index (χ3n) is 4.60. The third kappa shape index (κ3) is 3.18. The van der Waals surface area contributed by atoms with E-state index in [0.717, 1.165) is 0 Å². The highest BCUT2D eigenvalue weighted by molar-refractivity contribution is 7.12. The Morgan fingerprint density at radius 1 is 0.786 bits per heavy atom. The first-order valence-electron chi connectivity index (χ1n) is 8.74. The van der Waals surface area contributed by atoms with Gasteiger partial charge < -0.3 is 5.32 Å². The molecule has 0 bridgehead atoms. The molecule has 138 valence electrons. The highest BCUT2D eigenvalue weighted by atomic mass is 32.1. The van der Waals surface area contributed by atoms with Gasteiger partial charge in [0.1, 0.15) is 0 Å². The number of thiophene rings is 1. The van der Waals surface area contributed by atoms with Crippen molar-refractivity contribution in [1.82, 2.24) is 0 Å². The van der Waals surface area contributed by atoms with Crippen molar-refractivity contribution >= 4 is 40.3 Å². The molecule has 5 nitrogen and oxygen atoms in total. The Morgan fingerprint density at radius 2 is 1.50 bits per heavy atom. The number of hydrogen-bond donors (Lipinski definition) is 1. The Labute approximate surface area is 165 Å². The van der Waals surface area contributed by atoms with Crippen LogP contribution in [0.25, 0.3) is 0 Å². The molecule has 1 N–H and O–H groups in total. The molecular weight excluding hydrogens is 374 g/mol. The van der Waals surface area contributed by atoms with Gasteiger partial charge in [0.25, 0.3) is 0 Å². The summed E-state index contributed by atoms with van der Waals surface area (Å²) >= 11 is 1.34. The smallest absolute Gasteiger partial charge is 0.224 e. The van der Waals surface area contributed by atoms with Gasteiger partial charge in [0.15, 0.2) is 17.3 Å². The van der Waals surface area contributed by atoms with Crippen LogP contribution < -0.4 is 5.32 Å². The fourth-order valence-corrected chi connectivity index (χ4v) is 3.94. The minimum atomic E-state index is -0.377. The van der Waals surface area contributed by atoms with Gasteiger partial charge in [-0.15, -0.1) is 11.3 Å². The number of carbonyl (C=O) groups is 4. The summed E-state index contributed by atoms with van der Waals surface area (Å²) in [5.74, 6) is -1.01. The molecule has 0 saturated heterocycles. The quantitative estimate of drug-likeness (QED) is 0.521. The zero-order valence-electron chi connectivity index (χ0n) is 14.7. The molecule has 0 unspecified atom stereocenters. The van der Waals surface area contributed by atoms with Crippen molar-refractivity contribution in [3.63, 3.8) is 0 Å². The van der Waals surface area contributed by atoms with Crippen molar-refractivity contribution in [3.05, 3.63) is 87.1 Å². The lowest BCUT2D eigenvalue weighted by Gasteiger charge is -2.20. The lowest BCUT2D eigenvalue weighted by molar-refractivity contribution is -0.116. The average molecular weight is 389 g/mol. The van der Waals surface area contributed by atoms with Gasteiger partial charge in [-0.1, -0.05) is 42.5 Å². The van der Waals surface area contributed by atoms with Crippen LogP contribution in [-0.4, -0.2) is 23.3 Å². The van der Waals surface area contributed by atoms with Gasteiger partial charge in [0.2, 0.25) is 5.91 Å². The molecule has 6 heteroatoms. The molecule has 2 aromatic carbocycles. The van der Waals surface area contributed by atoms with E-state index in [4.69, 9.17) is 0 Å². The number of amides is 1. The van der Waals surface area contributed by atoms with E-state index in [1.807, 2.05) is 5.38 Å². The number of ketones is 3. The molecular formula is C22H15NO4S. The van der Waals surface area contributed by atoms with Crippen LogP contribution in [0.4, 0.5) is 5.69 Å². The van der Waals surface area contributed by atoms with Gasteiger partial charge in [-0.2, -0.15) is 0 Å². The summed E-state index contributed by atoms with van der Waals surface area (Å²) in [7, 11) is 0. The standard InChI is InChI=1S/C22H15NO4S/c24-17(18-9-4-12-28-18)10-11-19(25)23-16-8-3-7-15-20(16)22(27)14-6-2-1-5-13(14)21(15)26/h1-9,12H,10-11H2,(H,23,25). The highest BCUT2D eigenvalue weighted by Gasteiger charge is 2.31. The molecule has 3 aromatic rings. The van der Waals surface area contributed by atoms with Gasteiger partial charge in [0, 0.05) is 29.5 Å². The van der Waals surface area contributed by atoms with E-state index >= 15 is 0 Å². The fourth-order valence-electron chi connectivity index (χ4n) is 3.25. The minimum absolute atomic E-state index is 0.000868. The maximum atomic E-state index is 12.9. The number of benzene rings is 2. The van der Waals surface area contributed by atoms with Gasteiger partial charge in [-0.05, 0) is 17.5 Å². The molecule has 1 aliphatic rings. The highest BCUT2D eigenvalue weighted by Crippen LogP contribution is 2.32. The van der Waals surface area contributed by atoms with Crippen LogP contribution in [-0.2, 0) is 4.79 Å². The Bertz CT molecular complexity index is 1120. The Kier molecular flexibility index (Phi) is 4.71. The summed E-state index contributed by atoms with van der Waals surface area (Å²) in [5.41, 5.74) is 1.46. The first-order valence-corrected chi connectivity index (χ1v) is 9.62. The zero-order chi connectivity index (χ0) is 19.7. The molecule has 0 aliphatic heterocycles. The number of fused-ring (bicyclic) bond motifs is 2. The van der Waals surface area contributed by atoms with Crippen molar-refractivity contribution < 1.29 is 19.2 Å². The van der Waals surface area contributed by atoms with Crippen LogP contribution in [0.15, 0.2) is 60.0 Å². The van der Waals surface area contributed by atoms with E-state index in [2.05, 4.69) is 5.32 Å². The molecule has 0 spiro atoms. The van der Waals surface area contributed by atoms with Crippen LogP contribution >= 0.6 is 11.3 Å². The molecule has 4 rings (SSSR count). The lowest BCUT2D eigenvalue weighted by Crippen LogP contribution is -2.24. The summed E-state index contributed by atoms with van der Waals surface area (Å²) in [6.45, 7) is 0. The second-order valence-corrected chi connectivity index (χ2v) is 7.33. The Morgan fingerprint density at radius 3 is 2.21 bits per heavy atom. The second-order valence-electron chi connectivity index (χ2n) is 6.38. The molecule has 0 saturated carbocycles. The van der Waals surface area contributed by atoms with Gasteiger partial charge in [0.05, 0.1) is 16.1 Å². The Balaban J connectivity index is 1.55. The summed E-state index contributed by atoms with van der Waals surface area (Å²) < 4.78 is 0. The van der Waals surface area contributed by atoms with Crippen molar-refractivity contribution in [2.75, 3.05) is 5.32 Å². The average Bonchev–Trinajstić information content (AvgIpc) is 3.25. The van der Waals surface area contributed by atoms with Crippen molar-refractivity contribution in [3.8, 4) is 0 Å². The first-order chi connectivity index (χ1) is 13.6. The summed E-state index contributed by atoms with van der Waals surface area (Å²) in [6, 6.07) is 15.0. The maximum Gasteiger partial charge on any atom is 0.224 e. The molecule has 0 atom stereocenters. The second kappa shape index (κ2) is 7.32. The SMILES string of the molecule is O=C(CCC(=O)c1cccs1)Nc1cccc2c1C(=O)c1ccccc1C2=O. The normalized spacial score (nSPS) is 12.3. The van der Waals surface area contributed by atoms with Crippen molar-refractivity contribution in [1.29, 1.82) is 0 Å². The van der Waals surface area contributed by atoms with Gasteiger partial charge in [-0.25, -0.2) is 0 Å². The molecule has 1 aliphatic carbocycles. The predicted molar refractivity (Wildman–Crippen MR) is 106 cm³/mol. The van der Waals surface area contributed by atoms with Gasteiger partial charge in [-0.3, -0.25) is 19.2 Å². The van der Waals surface area contributed by atoms with Crippen LogP contribution in [0.5, 0.6) is 0 Å². The first kappa shape index (κ1) is 18.0. The maximum absolute atomic E-state index is 12.9. The monoisotopic (exact) mass is 389 g/mol. The molecule has 1 aromatic heterocycles. The number of rotatable bonds is 5. The number of anilines is 1. The van der Waals surface area contributed by atoms with E-state index in [1.165, 1.54) is 11.3 Å². The van der Waals surface area contributed by atoms with Crippen LogP contribution in [0.1, 0.15) is 54.4 Å². The van der Waals surface area contributed by atoms with Crippen LogP contribution in [0, 0.1) is 0 Å². The fraction of sp³-hybridized carbons (Fsp3) is 0.0909. The molecule has 28 heavy (non-hydrogen) atoms. The number of Topliss-reactive ketones (excluding diaryl/α,β-unsaturated/α-hetero) is 1. The molecule has 1 amide bonds. The minimum Gasteiger partial charge on any atom is -0.325 e. The van der Waals surface area contributed by atoms with Gasteiger partial charge >= 0.3 is 0 Å². The predicted octanol–water partition coefficient (Wildman–Crippen LogP) is 4.13.